The predicted molar refractivity (Wildman–Crippen MR) is 60.7 cm³/mol. The quantitative estimate of drug-likeness (QED) is 0.629. The number of hydrogen-bond acceptors (Lipinski definition) is 2. The van der Waals surface area contributed by atoms with E-state index in [0.29, 0.717) is 3.57 Å². The van der Waals surface area contributed by atoms with E-state index < -0.39 is 0 Å². The molecule has 13 heavy (non-hydrogen) atoms. The van der Waals surface area contributed by atoms with Gasteiger partial charge in [-0.25, -0.2) is 4.98 Å². The Bertz CT molecular complexity index is 322. The van der Waals surface area contributed by atoms with Crippen molar-refractivity contribution in [1.29, 1.82) is 0 Å². The first-order valence-corrected chi connectivity index (χ1v) is 5.53. The molecule has 0 aliphatic heterocycles. The average Bonchev–Trinajstić information content (AvgIpc) is 2.13. The summed E-state index contributed by atoms with van der Waals surface area (Å²) >= 11 is 2.02. The molecule has 0 unspecified atom stereocenters. The van der Waals surface area contributed by atoms with Crippen LogP contribution in [0.4, 0.5) is 0 Å². The second-order valence-corrected chi connectivity index (χ2v) is 4.11. The van der Waals surface area contributed by atoms with Gasteiger partial charge in [-0.2, -0.15) is 0 Å². The molecule has 1 heterocycles. The Balaban J connectivity index is 2.67. The summed E-state index contributed by atoms with van der Waals surface area (Å²) in [5.41, 5.74) is 0.0757. The van der Waals surface area contributed by atoms with E-state index in [1.165, 1.54) is 6.42 Å². The molecule has 1 aromatic heterocycles. The van der Waals surface area contributed by atoms with Gasteiger partial charge in [0.1, 0.15) is 0 Å². The maximum atomic E-state index is 11.5. The molecule has 0 radical (unpaired) electrons. The minimum absolute atomic E-state index is 0.0757. The molecule has 3 nitrogen and oxygen atoms in total. The molecule has 0 aliphatic carbocycles. The number of aryl methyl sites for hydroxylation is 1. The van der Waals surface area contributed by atoms with Gasteiger partial charge in [0, 0.05) is 12.7 Å². The van der Waals surface area contributed by atoms with Gasteiger partial charge in [-0.1, -0.05) is 19.8 Å². The molecular weight excluding hydrogens is 279 g/mol. The van der Waals surface area contributed by atoms with Crippen molar-refractivity contribution in [3.63, 3.8) is 0 Å². The third-order valence-electron chi connectivity index (χ3n) is 1.86. The van der Waals surface area contributed by atoms with E-state index in [1.54, 1.807) is 17.1 Å². The molecule has 1 rings (SSSR count). The Hall–Kier alpha value is -0.390. The van der Waals surface area contributed by atoms with Crippen LogP contribution in [0.1, 0.15) is 26.2 Å². The molecule has 0 spiro atoms. The number of hydrogen-bond donors (Lipinski definition) is 0. The van der Waals surface area contributed by atoms with Crippen LogP contribution in [0.15, 0.2) is 17.3 Å². The maximum Gasteiger partial charge on any atom is 0.266 e. The average molecular weight is 292 g/mol. The number of unbranched alkanes of at least 4 members (excludes halogenated alkanes) is 2. The van der Waals surface area contributed by atoms with E-state index in [9.17, 15) is 4.79 Å². The lowest BCUT2D eigenvalue weighted by molar-refractivity contribution is 0.577. The van der Waals surface area contributed by atoms with Crippen molar-refractivity contribution in [2.24, 2.45) is 0 Å². The van der Waals surface area contributed by atoms with Crippen LogP contribution < -0.4 is 5.56 Å². The maximum absolute atomic E-state index is 11.5. The van der Waals surface area contributed by atoms with Crippen molar-refractivity contribution in [3.8, 4) is 0 Å². The fourth-order valence-electron chi connectivity index (χ4n) is 1.12. The monoisotopic (exact) mass is 292 g/mol. The summed E-state index contributed by atoms with van der Waals surface area (Å²) < 4.78 is 2.37. The SMILES string of the molecule is CCCCCn1cncc(I)c1=O. The first kappa shape index (κ1) is 10.7. The molecule has 0 amide bonds. The molecule has 0 aliphatic rings. The normalized spacial score (nSPS) is 10.3. The highest BCUT2D eigenvalue weighted by Gasteiger charge is 1.99. The highest BCUT2D eigenvalue weighted by molar-refractivity contribution is 14.1. The molecular formula is C9H13IN2O. The highest BCUT2D eigenvalue weighted by atomic mass is 127. The van der Waals surface area contributed by atoms with E-state index >= 15 is 0 Å². The van der Waals surface area contributed by atoms with Crippen LogP contribution in [0.3, 0.4) is 0 Å². The van der Waals surface area contributed by atoms with Crippen molar-refractivity contribution in [3.05, 3.63) is 26.4 Å². The van der Waals surface area contributed by atoms with E-state index in [-0.39, 0.29) is 5.56 Å². The van der Waals surface area contributed by atoms with Crippen molar-refractivity contribution in [2.45, 2.75) is 32.7 Å². The fourth-order valence-corrected chi connectivity index (χ4v) is 1.59. The summed E-state index contributed by atoms with van der Waals surface area (Å²) in [6.45, 7) is 2.94. The molecule has 1 aromatic rings. The van der Waals surface area contributed by atoms with Crippen molar-refractivity contribution in [1.82, 2.24) is 9.55 Å². The Morgan fingerprint density at radius 2 is 2.31 bits per heavy atom. The zero-order valence-corrected chi connectivity index (χ0v) is 9.82. The summed E-state index contributed by atoms with van der Waals surface area (Å²) in [7, 11) is 0. The number of rotatable bonds is 4. The predicted octanol–water partition coefficient (Wildman–Crippen LogP) is 2.04. The van der Waals surface area contributed by atoms with Gasteiger partial charge in [0.05, 0.1) is 9.90 Å². The largest absolute Gasteiger partial charge is 0.298 e. The summed E-state index contributed by atoms with van der Waals surface area (Å²) in [6.07, 6.45) is 6.60. The second kappa shape index (κ2) is 5.36. The Labute approximate surface area is 91.3 Å². The van der Waals surface area contributed by atoms with E-state index in [1.807, 2.05) is 22.6 Å². The molecule has 4 heteroatoms. The van der Waals surface area contributed by atoms with Crippen LogP contribution in [0.25, 0.3) is 0 Å². The molecule has 0 saturated heterocycles. The van der Waals surface area contributed by atoms with Crippen molar-refractivity contribution in [2.75, 3.05) is 0 Å². The molecule has 0 N–H and O–H groups in total. The van der Waals surface area contributed by atoms with Gasteiger partial charge in [0.25, 0.3) is 5.56 Å². The smallest absolute Gasteiger partial charge is 0.266 e. The number of nitrogens with zero attached hydrogens (tertiary/aromatic N) is 2. The Kier molecular flexibility index (Phi) is 4.41. The van der Waals surface area contributed by atoms with Gasteiger partial charge in [-0.15, -0.1) is 0 Å². The summed E-state index contributed by atoms with van der Waals surface area (Å²) in [6, 6.07) is 0. The lowest BCUT2D eigenvalue weighted by Gasteiger charge is -2.03. The van der Waals surface area contributed by atoms with Crippen molar-refractivity contribution >= 4 is 22.6 Å². The number of halogens is 1. The summed E-state index contributed by atoms with van der Waals surface area (Å²) in [5.74, 6) is 0. The highest BCUT2D eigenvalue weighted by Crippen LogP contribution is 1.97. The van der Waals surface area contributed by atoms with Gasteiger partial charge in [0.2, 0.25) is 0 Å². The van der Waals surface area contributed by atoms with Crippen LogP contribution in [-0.2, 0) is 6.54 Å². The standard InChI is InChI=1S/C9H13IN2O/c1-2-3-4-5-12-7-11-6-8(10)9(12)13/h6-7H,2-5H2,1H3. The first-order chi connectivity index (χ1) is 6.25. The zero-order valence-electron chi connectivity index (χ0n) is 7.66. The lowest BCUT2D eigenvalue weighted by atomic mass is 10.2. The molecule has 0 fully saturated rings. The molecule has 0 bridgehead atoms. The molecule has 72 valence electrons. The summed E-state index contributed by atoms with van der Waals surface area (Å²) in [5, 5.41) is 0. The van der Waals surface area contributed by atoms with Crippen LogP contribution in [0.2, 0.25) is 0 Å². The van der Waals surface area contributed by atoms with Crippen LogP contribution >= 0.6 is 22.6 Å². The number of aromatic nitrogens is 2. The van der Waals surface area contributed by atoms with Crippen molar-refractivity contribution < 1.29 is 0 Å². The van der Waals surface area contributed by atoms with E-state index in [4.69, 9.17) is 0 Å². The summed E-state index contributed by atoms with van der Waals surface area (Å²) in [4.78, 5) is 15.5. The van der Waals surface area contributed by atoms with E-state index in [2.05, 4.69) is 11.9 Å². The Morgan fingerprint density at radius 3 is 3.00 bits per heavy atom. The van der Waals surface area contributed by atoms with Gasteiger partial charge in [-0.05, 0) is 29.0 Å². The Morgan fingerprint density at radius 1 is 1.54 bits per heavy atom. The van der Waals surface area contributed by atoms with Crippen LogP contribution in [0.5, 0.6) is 0 Å². The van der Waals surface area contributed by atoms with E-state index in [0.717, 1.165) is 19.4 Å². The topological polar surface area (TPSA) is 34.9 Å². The molecule has 0 atom stereocenters. The van der Waals surface area contributed by atoms with Gasteiger partial charge in [-0.3, -0.25) is 9.36 Å². The van der Waals surface area contributed by atoms with Crippen LogP contribution in [-0.4, -0.2) is 9.55 Å². The minimum Gasteiger partial charge on any atom is -0.298 e. The second-order valence-electron chi connectivity index (χ2n) is 2.95. The molecule has 0 aromatic carbocycles. The minimum atomic E-state index is 0.0757. The third-order valence-corrected chi connectivity index (χ3v) is 2.60. The first-order valence-electron chi connectivity index (χ1n) is 4.45. The fraction of sp³-hybridized carbons (Fsp3) is 0.556. The van der Waals surface area contributed by atoms with Crippen LogP contribution in [0, 0.1) is 3.57 Å². The molecule has 0 saturated carbocycles. The lowest BCUT2D eigenvalue weighted by Crippen LogP contribution is -2.22. The zero-order chi connectivity index (χ0) is 9.68. The van der Waals surface area contributed by atoms with Gasteiger partial charge < -0.3 is 0 Å². The van der Waals surface area contributed by atoms with Gasteiger partial charge >= 0.3 is 0 Å². The third kappa shape index (κ3) is 3.10. The van der Waals surface area contributed by atoms with Gasteiger partial charge in [0.15, 0.2) is 0 Å².